The lowest BCUT2D eigenvalue weighted by atomic mass is 10.2. The molecule has 0 atom stereocenters. The molecule has 0 aliphatic heterocycles. The predicted molar refractivity (Wildman–Crippen MR) is 83.0 cm³/mol. The van der Waals surface area contributed by atoms with Gasteiger partial charge in [-0.2, -0.15) is 0 Å². The summed E-state index contributed by atoms with van der Waals surface area (Å²) in [6, 6.07) is 10.3. The van der Waals surface area contributed by atoms with Crippen LogP contribution in [-0.4, -0.2) is 29.1 Å². The van der Waals surface area contributed by atoms with Crippen molar-refractivity contribution in [1.29, 1.82) is 0 Å². The Bertz CT molecular complexity index is 277. The van der Waals surface area contributed by atoms with Crippen molar-refractivity contribution in [2.24, 2.45) is 0 Å². The molecular formula is C13H21Cl3O3. The Morgan fingerprint density at radius 2 is 1.58 bits per heavy atom. The number of hydrogen-bond acceptors (Lipinski definition) is 3. The number of aliphatic hydroxyl groups is 1. The van der Waals surface area contributed by atoms with Gasteiger partial charge in [0.15, 0.2) is 4.30 Å². The molecule has 0 heterocycles. The van der Waals surface area contributed by atoms with E-state index in [1.807, 2.05) is 18.2 Å². The first kappa shape index (κ1) is 23.6. The van der Waals surface area contributed by atoms with E-state index in [-0.39, 0.29) is 5.97 Å². The van der Waals surface area contributed by atoms with Crippen molar-refractivity contribution in [2.75, 3.05) is 13.7 Å². The molecule has 3 nitrogen and oxygen atoms in total. The van der Waals surface area contributed by atoms with Crippen molar-refractivity contribution in [1.82, 2.24) is 0 Å². The molecule has 0 radical (unpaired) electrons. The molecule has 0 amide bonds. The van der Waals surface area contributed by atoms with E-state index in [1.165, 1.54) is 12.5 Å². The Labute approximate surface area is 130 Å². The van der Waals surface area contributed by atoms with Crippen LogP contribution in [0.25, 0.3) is 0 Å². The number of carbonyl (C=O) groups excluding carboxylic acids is 1. The van der Waals surface area contributed by atoms with Crippen molar-refractivity contribution in [2.45, 2.75) is 25.1 Å². The number of ether oxygens (including phenoxy) is 1. The lowest BCUT2D eigenvalue weighted by molar-refractivity contribution is -0.140. The third-order valence-corrected chi connectivity index (χ3v) is 1.29. The summed E-state index contributed by atoms with van der Waals surface area (Å²) in [7, 11) is 1.00. The van der Waals surface area contributed by atoms with E-state index in [2.05, 4.69) is 23.8 Å². The summed E-state index contributed by atoms with van der Waals surface area (Å²) < 4.78 is 3.65. The molecule has 112 valence electrons. The van der Waals surface area contributed by atoms with Gasteiger partial charge in [0.05, 0.1) is 6.61 Å². The van der Waals surface area contributed by atoms with Crippen LogP contribution >= 0.6 is 34.8 Å². The molecule has 0 saturated heterocycles. The van der Waals surface area contributed by atoms with E-state index in [4.69, 9.17) is 39.9 Å². The van der Waals surface area contributed by atoms with Crippen LogP contribution in [0.2, 0.25) is 0 Å². The Hall–Kier alpha value is -0.480. The number of alkyl halides is 3. The van der Waals surface area contributed by atoms with Gasteiger partial charge < -0.3 is 9.84 Å². The van der Waals surface area contributed by atoms with E-state index < -0.39 is 4.30 Å². The van der Waals surface area contributed by atoms with E-state index >= 15 is 0 Å². The summed E-state index contributed by atoms with van der Waals surface area (Å²) >= 11 is 14.4. The minimum atomic E-state index is -0.750. The SMILES string of the molecule is CCOC(C)=O.CO.Cc1ccccc1.ClC(Cl)Cl. The Kier molecular flexibility index (Phi) is 24.7. The second-order valence-electron chi connectivity index (χ2n) is 2.83. The molecule has 19 heavy (non-hydrogen) atoms. The molecule has 0 aliphatic carbocycles. The van der Waals surface area contributed by atoms with Gasteiger partial charge in [-0.05, 0) is 13.8 Å². The highest BCUT2D eigenvalue weighted by Gasteiger charge is 1.81. The van der Waals surface area contributed by atoms with E-state index in [0.717, 1.165) is 7.11 Å². The quantitative estimate of drug-likeness (QED) is 0.621. The topological polar surface area (TPSA) is 46.5 Å². The molecule has 0 bridgehead atoms. The molecular weight excluding hydrogens is 310 g/mol. The normalized spacial score (nSPS) is 7.84. The first-order chi connectivity index (χ1) is 8.90. The number of esters is 1. The molecule has 0 unspecified atom stereocenters. The van der Waals surface area contributed by atoms with Gasteiger partial charge in [0, 0.05) is 14.0 Å². The number of rotatable bonds is 1. The number of aliphatic hydroxyl groups excluding tert-OH is 1. The smallest absolute Gasteiger partial charge is 0.302 e. The molecule has 0 saturated carbocycles. The molecule has 0 fully saturated rings. The monoisotopic (exact) mass is 330 g/mol. The summed E-state index contributed by atoms with van der Waals surface area (Å²) in [5.41, 5.74) is 1.32. The van der Waals surface area contributed by atoms with Crippen LogP contribution in [0.3, 0.4) is 0 Å². The highest BCUT2D eigenvalue weighted by molar-refractivity contribution is 6.63. The second-order valence-corrected chi connectivity index (χ2v) is 4.81. The fourth-order valence-corrected chi connectivity index (χ4v) is 0.738. The fraction of sp³-hybridized carbons (Fsp3) is 0.462. The van der Waals surface area contributed by atoms with Gasteiger partial charge in [-0.3, -0.25) is 4.79 Å². The van der Waals surface area contributed by atoms with Gasteiger partial charge in [-0.15, -0.1) is 0 Å². The minimum absolute atomic E-state index is 0.211. The third kappa shape index (κ3) is 38.1. The van der Waals surface area contributed by atoms with Crippen LogP contribution in [-0.2, 0) is 9.53 Å². The lowest BCUT2D eigenvalue weighted by Gasteiger charge is -1.89. The highest BCUT2D eigenvalue weighted by Crippen LogP contribution is 2.03. The fourth-order valence-electron chi connectivity index (χ4n) is 0.738. The van der Waals surface area contributed by atoms with Gasteiger partial charge in [0.1, 0.15) is 0 Å². The van der Waals surface area contributed by atoms with Crippen molar-refractivity contribution in [3.8, 4) is 0 Å². The Morgan fingerprint density at radius 3 is 1.68 bits per heavy atom. The molecule has 6 heteroatoms. The van der Waals surface area contributed by atoms with Crippen LogP contribution in [0.4, 0.5) is 0 Å². The summed E-state index contributed by atoms with van der Waals surface area (Å²) in [4.78, 5) is 9.82. The zero-order valence-electron chi connectivity index (χ0n) is 11.6. The van der Waals surface area contributed by atoms with Gasteiger partial charge >= 0.3 is 5.97 Å². The van der Waals surface area contributed by atoms with Gasteiger partial charge in [-0.25, -0.2) is 0 Å². The van der Waals surface area contributed by atoms with Crippen LogP contribution < -0.4 is 0 Å². The zero-order valence-corrected chi connectivity index (χ0v) is 13.8. The second kappa shape index (κ2) is 19.9. The zero-order chi connectivity index (χ0) is 15.7. The predicted octanol–water partition coefficient (Wildman–Crippen LogP) is 4.16. The van der Waals surface area contributed by atoms with Crippen LogP contribution in [0, 0.1) is 6.92 Å². The van der Waals surface area contributed by atoms with Crippen molar-refractivity contribution < 1.29 is 14.6 Å². The number of hydrogen-bond donors (Lipinski definition) is 1. The van der Waals surface area contributed by atoms with Crippen LogP contribution in [0.1, 0.15) is 19.4 Å². The highest BCUT2D eigenvalue weighted by atomic mass is 35.6. The standard InChI is InChI=1S/C7H8.C4H8O2.CHCl3.CH4O/c1-7-5-3-2-4-6-7;1-3-6-4(2)5;2-1(3)4;1-2/h2-6H,1H3;3H2,1-2H3;1H;2H,1H3. The summed E-state index contributed by atoms with van der Waals surface area (Å²) in [6.07, 6.45) is 0. The molecule has 1 N–H and O–H groups in total. The molecule has 0 spiro atoms. The first-order valence-corrected chi connectivity index (χ1v) is 6.73. The molecule has 1 rings (SSSR count). The Morgan fingerprint density at radius 1 is 1.21 bits per heavy atom. The van der Waals surface area contributed by atoms with Crippen molar-refractivity contribution in [3.63, 3.8) is 0 Å². The molecule has 0 aromatic heterocycles. The van der Waals surface area contributed by atoms with E-state index in [9.17, 15) is 4.79 Å². The minimum Gasteiger partial charge on any atom is -0.466 e. The summed E-state index contributed by atoms with van der Waals surface area (Å²) in [6.45, 7) is 5.74. The number of benzene rings is 1. The van der Waals surface area contributed by atoms with Gasteiger partial charge in [0.25, 0.3) is 0 Å². The third-order valence-electron chi connectivity index (χ3n) is 1.29. The van der Waals surface area contributed by atoms with Crippen LogP contribution in [0.15, 0.2) is 30.3 Å². The molecule has 1 aromatic carbocycles. The first-order valence-electron chi connectivity index (χ1n) is 5.42. The maximum atomic E-state index is 9.82. The number of carbonyl (C=O) groups is 1. The van der Waals surface area contributed by atoms with E-state index in [0.29, 0.717) is 6.61 Å². The van der Waals surface area contributed by atoms with Gasteiger partial charge in [0.2, 0.25) is 0 Å². The largest absolute Gasteiger partial charge is 0.466 e. The average Bonchev–Trinajstić information content (AvgIpc) is 2.32. The maximum absolute atomic E-state index is 9.82. The van der Waals surface area contributed by atoms with Crippen LogP contribution in [0.5, 0.6) is 0 Å². The summed E-state index contributed by atoms with van der Waals surface area (Å²) in [5, 5.41) is 7.00. The lowest BCUT2D eigenvalue weighted by Crippen LogP contribution is -1.95. The maximum Gasteiger partial charge on any atom is 0.302 e. The Balaban J connectivity index is -0.000000196. The summed E-state index contributed by atoms with van der Waals surface area (Å²) in [5.74, 6) is -0.211. The molecule has 1 aromatic rings. The van der Waals surface area contributed by atoms with Gasteiger partial charge in [-0.1, -0.05) is 70.7 Å². The number of aryl methyl sites for hydroxylation is 1. The molecule has 0 aliphatic rings. The van der Waals surface area contributed by atoms with Crippen molar-refractivity contribution in [3.05, 3.63) is 35.9 Å². The van der Waals surface area contributed by atoms with Crippen molar-refractivity contribution >= 4 is 40.8 Å². The number of halogens is 3. The average molecular weight is 332 g/mol. The van der Waals surface area contributed by atoms with E-state index in [1.54, 1.807) is 6.92 Å².